The van der Waals surface area contributed by atoms with Crippen LogP contribution >= 0.6 is 11.6 Å². The molecule has 0 saturated heterocycles. The van der Waals surface area contributed by atoms with Crippen molar-refractivity contribution < 1.29 is 0 Å². The first-order chi connectivity index (χ1) is 10.7. The second-order valence-electron chi connectivity index (χ2n) is 4.71. The van der Waals surface area contributed by atoms with Crippen LogP contribution in [0, 0.1) is 0 Å². The molecule has 118 valence electrons. The van der Waals surface area contributed by atoms with Gasteiger partial charge >= 0.3 is 0 Å². The number of hydrogen-bond donors (Lipinski definition) is 2. The number of halogens is 1. The number of aliphatic imine (C=N–C) groups is 1. The number of guanidine groups is 1. The highest BCUT2D eigenvalue weighted by atomic mass is 35.5. The molecule has 0 radical (unpaired) electrons. The average Bonchev–Trinajstić information content (AvgIpc) is 2.97. The summed E-state index contributed by atoms with van der Waals surface area (Å²) in [6.45, 7) is 6.88. The van der Waals surface area contributed by atoms with Crippen molar-refractivity contribution in [1.29, 1.82) is 0 Å². The lowest BCUT2D eigenvalue weighted by Gasteiger charge is -2.11. The van der Waals surface area contributed by atoms with Gasteiger partial charge in [0, 0.05) is 18.1 Å². The van der Waals surface area contributed by atoms with Gasteiger partial charge in [0.1, 0.15) is 6.33 Å². The van der Waals surface area contributed by atoms with Gasteiger partial charge in [0.25, 0.3) is 0 Å². The van der Waals surface area contributed by atoms with Crippen LogP contribution in [0.2, 0.25) is 5.02 Å². The van der Waals surface area contributed by atoms with E-state index in [-0.39, 0.29) is 0 Å². The maximum atomic E-state index is 5.99. The lowest BCUT2D eigenvalue weighted by molar-refractivity contribution is 0.670. The zero-order valence-corrected chi connectivity index (χ0v) is 13.6. The van der Waals surface area contributed by atoms with Crippen molar-refractivity contribution in [3.05, 3.63) is 47.0 Å². The first kappa shape index (κ1) is 16.3. The molecule has 2 N–H and O–H groups in total. The third-order valence-corrected chi connectivity index (χ3v) is 3.34. The largest absolute Gasteiger partial charge is 0.357 e. The smallest absolute Gasteiger partial charge is 0.191 e. The standard InChI is InChI=1S/C15H21ClN6/c1-3-17-15(18-9-12-6-5-7-13(16)8-12)19-10-14-21-20-11-22(14)4-2/h5-8,11H,3-4,9-10H2,1-2H3,(H2,17,18,19). The Bertz CT molecular complexity index is 622. The van der Waals surface area contributed by atoms with Gasteiger partial charge in [-0.2, -0.15) is 0 Å². The van der Waals surface area contributed by atoms with Crippen LogP contribution in [0.1, 0.15) is 25.2 Å². The summed E-state index contributed by atoms with van der Waals surface area (Å²) in [7, 11) is 0. The Kier molecular flexibility index (Phi) is 6.21. The van der Waals surface area contributed by atoms with E-state index < -0.39 is 0 Å². The molecule has 0 saturated carbocycles. The van der Waals surface area contributed by atoms with Crippen molar-refractivity contribution in [1.82, 2.24) is 25.4 Å². The molecule has 0 aliphatic rings. The van der Waals surface area contributed by atoms with Gasteiger partial charge in [-0.05, 0) is 31.5 Å². The highest BCUT2D eigenvalue weighted by molar-refractivity contribution is 6.30. The molecular formula is C15H21ClN6. The molecule has 0 atom stereocenters. The molecule has 0 fully saturated rings. The summed E-state index contributed by atoms with van der Waals surface area (Å²) in [5.74, 6) is 1.63. The maximum Gasteiger partial charge on any atom is 0.191 e. The fourth-order valence-electron chi connectivity index (χ4n) is 1.99. The van der Waals surface area contributed by atoms with Crippen molar-refractivity contribution in [2.45, 2.75) is 33.5 Å². The summed E-state index contributed by atoms with van der Waals surface area (Å²) in [4.78, 5) is 4.56. The molecule has 2 rings (SSSR count). The predicted octanol–water partition coefficient (Wildman–Crippen LogP) is 2.21. The van der Waals surface area contributed by atoms with Gasteiger partial charge < -0.3 is 15.2 Å². The fourth-order valence-corrected chi connectivity index (χ4v) is 2.20. The molecule has 0 spiro atoms. The number of nitrogens with one attached hydrogen (secondary N) is 2. The Morgan fingerprint density at radius 1 is 1.32 bits per heavy atom. The number of nitrogens with zero attached hydrogens (tertiary/aromatic N) is 4. The molecule has 7 heteroatoms. The van der Waals surface area contributed by atoms with Gasteiger partial charge in [-0.3, -0.25) is 0 Å². The molecule has 22 heavy (non-hydrogen) atoms. The van der Waals surface area contributed by atoms with Crippen molar-refractivity contribution >= 4 is 17.6 Å². The van der Waals surface area contributed by atoms with Crippen LogP contribution in [0.15, 0.2) is 35.6 Å². The Morgan fingerprint density at radius 3 is 2.91 bits per heavy atom. The Labute approximate surface area is 135 Å². The molecule has 1 aromatic heterocycles. The summed E-state index contributed by atoms with van der Waals surface area (Å²) >= 11 is 5.99. The van der Waals surface area contributed by atoms with Gasteiger partial charge in [0.2, 0.25) is 0 Å². The molecule has 0 amide bonds. The maximum absolute atomic E-state index is 5.99. The van der Waals surface area contributed by atoms with E-state index in [0.717, 1.165) is 35.5 Å². The van der Waals surface area contributed by atoms with E-state index in [1.165, 1.54) is 0 Å². The minimum Gasteiger partial charge on any atom is -0.357 e. The van der Waals surface area contributed by atoms with E-state index >= 15 is 0 Å². The van der Waals surface area contributed by atoms with Crippen LogP contribution in [0.4, 0.5) is 0 Å². The zero-order chi connectivity index (χ0) is 15.8. The molecule has 6 nitrogen and oxygen atoms in total. The lowest BCUT2D eigenvalue weighted by atomic mass is 10.2. The van der Waals surface area contributed by atoms with Crippen LogP contribution in [0.25, 0.3) is 0 Å². The lowest BCUT2D eigenvalue weighted by Crippen LogP contribution is -2.37. The molecule has 1 aromatic carbocycles. The van der Waals surface area contributed by atoms with Gasteiger partial charge in [0.15, 0.2) is 11.8 Å². The van der Waals surface area contributed by atoms with Crippen molar-refractivity contribution in [3.63, 3.8) is 0 Å². The van der Waals surface area contributed by atoms with Gasteiger partial charge in [0.05, 0.1) is 13.1 Å². The summed E-state index contributed by atoms with van der Waals surface area (Å²) in [5, 5.41) is 15.2. The predicted molar refractivity (Wildman–Crippen MR) is 88.8 cm³/mol. The number of benzene rings is 1. The molecule has 2 aromatic rings. The Hall–Kier alpha value is -2.08. The highest BCUT2D eigenvalue weighted by Crippen LogP contribution is 2.11. The minimum atomic E-state index is 0.566. The highest BCUT2D eigenvalue weighted by Gasteiger charge is 2.04. The number of aryl methyl sites for hydroxylation is 1. The molecule has 1 heterocycles. The van der Waals surface area contributed by atoms with E-state index in [2.05, 4.69) is 32.7 Å². The fraction of sp³-hybridized carbons (Fsp3) is 0.400. The molecule has 0 aliphatic carbocycles. The van der Waals surface area contributed by atoms with Crippen LogP contribution in [-0.2, 0) is 19.6 Å². The van der Waals surface area contributed by atoms with E-state index in [0.29, 0.717) is 13.1 Å². The average molecular weight is 321 g/mol. The summed E-state index contributed by atoms with van der Waals surface area (Å²) in [5.41, 5.74) is 1.07. The Morgan fingerprint density at radius 2 is 2.18 bits per heavy atom. The third-order valence-electron chi connectivity index (χ3n) is 3.10. The minimum absolute atomic E-state index is 0.566. The summed E-state index contributed by atoms with van der Waals surface area (Å²) in [6.07, 6.45) is 1.73. The normalized spacial score (nSPS) is 11.5. The molecule has 0 bridgehead atoms. The van der Waals surface area contributed by atoms with Gasteiger partial charge in [-0.1, -0.05) is 23.7 Å². The SMILES string of the molecule is CCNC(=NCc1cccc(Cl)c1)NCc1nncn1CC. The van der Waals surface area contributed by atoms with Crippen LogP contribution in [0.3, 0.4) is 0 Å². The van der Waals surface area contributed by atoms with E-state index in [9.17, 15) is 0 Å². The third kappa shape index (κ3) is 4.73. The van der Waals surface area contributed by atoms with Crippen LogP contribution in [0.5, 0.6) is 0 Å². The monoisotopic (exact) mass is 320 g/mol. The summed E-state index contributed by atoms with van der Waals surface area (Å²) < 4.78 is 1.99. The Balaban J connectivity index is 1.98. The van der Waals surface area contributed by atoms with E-state index in [1.807, 2.05) is 35.8 Å². The first-order valence-corrected chi connectivity index (χ1v) is 7.74. The van der Waals surface area contributed by atoms with E-state index in [1.54, 1.807) is 6.33 Å². The second kappa shape index (κ2) is 8.38. The van der Waals surface area contributed by atoms with Crippen molar-refractivity contribution in [2.75, 3.05) is 6.54 Å². The summed E-state index contributed by atoms with van der Waals surface area (Å²) in [6, 6.07) is 7.71. The molecule has 0 unspecified atom stereocenters. The second-order valence-corrected chi connectivity index (χ2v) is 5.15. The number of aromatic nitrogens is 3. The van der Waals surface area contributed by atoms with Crippen molar-refractivity contribution in [2.24, 2.45) is 4.99 Å². The quantitative estimate of drug-likeness (QED) is 0.632. The van der Waals surface area contributed by atoms with Gasteiger partial charge in [-0.25, -0.2) is 4.99 Å². The van der Waals surface area contributed by atoms with Crippen molar-refractivity contribution in [3.8, 4) is 0 Å². The molecule has 0 aliphatic heterocycles. The number of hydrogen-bond acceptors (Lipinski definition) is 3. The number of rotatable bonds is 6. The molecular weight excluding hydrogens is 300 g/mol. The topological polar surface area (TPSA) is 67.1 Å². The van der Waals surface area contributed by atoms with Crippen LogP contribution < -0.4 is 10.6 Å². The van der Waals surface area contributed by atoms with Crippen LogP contribution in [-0.4, -0.2) is 27.3 Å². The first-order valence-electron chi connectivity index (χ1n) is 7.36. The van der Waals surface area contributed by atoms with E-state index in [4.69, 9.17) is 11.6 Å². The zero-order valence-electron chi connectivity index (χ0n) is 12.9. The van der Waals surface area contributed by atoms with Gasteiger partial charge in [-0.15, -0.1) is 10.2 Å².